The Morgan fingerprint density at radius 1 is 1.02 bits per heavy atom. The van der Waals surface area contributed by atoms with Crippen LogP contribution < -0.4 is 5.32 Å². The van der Waals surface area contributed by atoms with Crippen LogP contribution in [0.25, 0.3) is 0 Å². The minimum Gasteiger partial charge on any atom is -0.481 e. The molecule has 0 spiro atoms. The molecule has 1 fully saturated rings. The van der Waals surface area contributed by atoms with E-state index >= 15 is 0 Å². The second-order valence-electron chi connectivity index (χ2n) is 11.1. The van der Waals surface area contributed by atoms with Gasteiger partial charge in [0.15, 0.2) is 15.4 Å². The lowest BCUT2D eigenvalue weighted by Crippen LogP contribution is -2.75. The van der Waals surface area contributed by atoms with E-state index in [-0.39, 0.29) is 55.3 Å². The Kier molecular flexibility index (Phi) is 10.9. The molecule has 1 aliphatic rings. The molecule has 1 aliphatic heterocycles. The molecule has 2 aromatic carbocycles. The molecule has 0 radical (unpaired) electrons. The number of carbonyl (C=O) groups excluding carboxylic acids is 2. The van der Waals surface area contributed by atoms with Crippen LogP contribution in [0.2, 0.25) is 0 Å². The van der Waals surface area contributed by atoms with Crippen molar-refractivity contribution in [1.29, 1.82) is 0 Å². The number of carboxylic acids is 1. The van der Waals surface area contributed by atoms with Crippen molar-refractivity contribution in [2.75, 3.05) is 40.0 Å². The molecule has 1 saturated heterocycles. The first kappa shape index (κ1) is 33.2. The molecule has 0 bridgehead atoms. The highest BCUT2D eigenvalue weighted by Gasteiger charge is 2.68. The topological polar surface area (TPSA) is 127 Å². The van der Waals surface area contributed by atoms with E-state index in [1.807, 2.05) is 38.1 Å². The van der Waals surface area contributed by atoms with E-state index in [1.54, 1.807) is 42.3 Å². The molecule has 1 heterocycles. The molecule has 0 aliphatic carbocycles. The molecule has 42 heavy (non-hydrogen) atoms. The highest BCUT2D eigenvalue weighted by Crippen LogP contribution is 2.54. The average Bonchev–Trinajstić information content (AvgIpc) is 2.96. The summed E-state index contributed by atoms with van der Waals surface area (Å²) in [6.07, 6.45) is 0.750. The van der Waals surface area contributed by atoms with Gasteiger partial charge in [0.05, 0.1) is 10.6 Å². The molecular weight excluding hydrogens is 556 g/mol. The van der Waals surface area contributed by atoms with Crippen LogP contribution in [0.1, 0.15) is 57.1 Å². The predicted octanol–water partition coefficient (Wildman–Crippen LogP) is 3.28. The Balaban J connectivity index is 2.22. The number of hydrazine groups is 1. The molecule has 0 aromatic heterocycles. The number of benzene rings is 2. The summed E-state index contributed by atoms with van der Waals surface area (Å²) in [5.41, 5.74) is -2.14. The molecule has 230 valence electrons. The van der Waals surface area contributed by atoms with Crippen molar-refractivity contribution in [3.05, 3.63) is 65.7 Å². The van der Waals surface area contributed by atoms with E-state index in [0.29, 0.717) is 18.5 Å². The molecular formula is C31H44N4O6S. The highest BCUT2D eigenvalue weighted by molar-refractivity contribution is 7.91. The number of nitrogens with zero attached hydrogens (tertiary/aromatic N) is 3. The van der Waals surface area contributed by atoms with Crippen LogP contribution in [-0.2, 0) is 36.3 Å². The first-order chi connectivity index (χ1) is 19.9. The van der Waals surface area contributed by atoms with Gasteiger partial charge in [0, 0.05) is 33.1 Å². The van der Waals surface area contributed by atoms with Gasteiger partial charge in [-0.05, 0) is 63.0 Å². The maximum atomic E-state index is 14.3. The fourth-order valence-electron chi connectivity index (χ4n) is 6.31. The van der Waals surface area contributed by atoms with Crippen molar-refractivity contribution in [2.45, 2.75) is 62.9 Å². The van der Waals surface area contributed by atoms with Gasteiger partial charge >= 0.3 is 5.97 Å². The Bertz CT molecular complexity index is 1350. The van der Waals surface area contributed by atoms with Crippen molar-refractivity contribution in [3.8, 4) is 0 Å². The highest BCUT2D eigenvalue weighted by atomic mass is 32.2. The minimum atomic E-state index is -3.69. The molecule has 2 aromatic rings. The quantitative estimate of drug-likeness (QED) is 0.359. The lowest BCUT2D eigenvalue weighted by molar-refractivity contribution is -0.221. The summed E-state index contributed by atoms with van der Waals surface area (Å²) < 4.78 is 26.3. The van der Waals surface area contributed by atoms with Crippen LogP contribution in [0.5, 0.6) is 0 Å². The molecule has 0 unspecified atom stereocenters. The third-order valence-electron chi connectivity index (χ3n) is 8.13. The molecule has 2 N–H and O–H groups in total. The smallest absolute Gasteiger partial charge is 0.312 e. The Morgan fingerprint density at radius 3 is 2.19 bits per heavy atom. The summed E-state index contributed by atoms with van der Waals surface area (Å²) >= 11 is 0. The molecule has 2 atom stereocenters. The van der Waals surface area contributed by atoms with Crippen molar-refractivity contribution in [1.82, 2.24) is 20.2 Å². The second kappa shape index (κ2) is 13.8. The number of rotatable bonds is 13. The molecule has 10 nitrogen and oxygen atoms in total. The first-order valence-electron chi connectivity index (χ1n) is 14.5. The summed E-state index contributed by atoms with van der Waals surface area (Å²) in [7, 11) is 1.65. The molecule has 3 rings (SSSR count). The van der Waals surface area contributed by atoms with Gasteiger partial charge in [0.2, 0.25) is 11.8 Å². The number of carboxylic acid groups (broad SMARTS) is 1. The maximum Gasteiger partial charge on any atom is 0.312 e. The van der Waals surface area contributed by atoms with Gasteiger partial charge in [-0.3, -0.25) is 19.4 Å². The SMILES string of the molecule is CCCC(=O)N1CC[C@](CCCS(=O)(=O)c2ccccc2)(C(=O)O)[C@](C(=O)NC)(c2ccc(CN(C)C)cc2)N1CC. The van der Waals surface area contributed by atoms with Gasteiger partial charge in [-0.2, -0.15) is 5.01 Å². The standard InChI is InChI=1S/C31H44N4O6S/c1-6-12-27(36)34-21-20-30(29(38)39,19-11-22-42(40,41)26-13-9-8-10-14-26)31(28(37)32-3,35(34)7-2)25-17-15-24(16-18-25)23-33(4)5/h8-10,13-18H,6-7,11-12,19-23H2,1-5H3,(H,32,37)(H,38,39)/t30-,31-/m1/s1. The van der Waals surface area contributed by atoms with Crippen LogP contribution in [-0.4, -0.2) is 86.2 Å². The van der Waals surface area contributed by atoms with E-state index < -0.39 is 32.7 Å². The van der Waals surface area contributed by atoms with Crippen LogP contribution in [0.15, 0.2) is 59.5 Å². The van der Waals surface area contributed by atoms with Gasteiger partial charge in [-0.15, -0.1) is 0 Å². The van der Waals surface area contributed by atoms with Crippen molar-refractivity contribution in [3.63, 3.8) is 0 Å². The lowest BCUT2D eigenvalue weighted by Gasteiger charge is -2.59. The minimum absolute atomic E-state index is 0.0153. The number of sulfone groups is 1. The van der Waals surface area contributed by atoms with E-state index in [0.717, 1.165) is 5.56 Å². The van der Waals surface area contributed by atoms with E-state index in [2.05, 4.69) is 5.32 Å². The lowest BCUT2D eigenvalue weighted by atomic mass is 9.59. The number of aliphatic carboxylic acids is 1. The van der Waals surface area contributed by atoms with E-state index in [9.17, 15) is 27.9 Å². The summed E-state index contributed by atoms with van der Waals surface area (Å²) in [5, 5.41) is 16.9. The Hall–Kier alpha value is -3.28. The van der Waals surface area contributed by atoms with Crippen molar-refractivity contribution in [2.24, 2.45) is 5.41 Å². The number of nitrogens with one attached hydrogen (secondary N) is 1. The number of carbonyl (C=O) groups is 3. The van der Waals surface area contributed by atoms with Crippen molar-refractivity contribution >= 4 is 27.6 Å². The summed E-state index contributed by atoms with van der Waals surface area (Å²) in [6, 6.07) is 15.3. The van der Waals surface area contributed by atoms with Crippen LogP contribution in [0.4, 0.5) is 0 Å². The molecule has 11 heteroatoms. The van der Waals surface area contributed by atoms with Crippen LogP contribution in [0, 0.1) is 5.41 Å². The third-order valence-corrected chi connectivity index (χ3v) is 9.94. The Morgan fingerprint density at radius 2 is 1.67 bits per heavy atom. The zero-order valence-corrected chi connectivity index (χ0v) is 26.1. The first-order valence-corrected chi connectivity index (χ1v) is 16.1. The van der Waals surface area contributed by atoms with E-state index in [1.165, 1.54) is 24.2 Å². The maximum absolute atomic E-state index is 14.3. The predicted molar refractivity (Wildman–Crippen MR) is 161 cm³/mol. The zero-order valence-electron chi connectivity index (χ0n) is 25.3. The Labute approximate surface area is 249 Å². The van der Waals surface area contributed by atoms with Gasteiger partial charge in [0.25, 0.3) is 0 Å². The van der Waals surface area contributed by atoms with Gasteiger partial charge in [0.1, 0.15) is 5.41 Å². The summed E-state index contributed by atoms with van der Waals surface area (Å²) in [6.45, 7) is 4.61. The fourth-order valence-corrected chi connectivity index (χ4v) is 7.64. The summed E-state index contributed by atoms with van der Waals surface area (Å²) in [4.78, 5) is 43.3. The summed E-state index contributed by atoms with van der Waals surface area (Å²) in [5.74, 6) is -2.24. The van der Waals surface area contributed by atoms with Gasteiger partial charge < -0.3 is 15.3 Å². The van der Waals surface area contributed by atoms with Crippen molar-refractivity contribution < 1.29 is 27.9 Å². The average molecular weight is 601 g/mol. The number of amides is 2. The van der Waals surface area contributed by atoms with E-state index in [4.69, 9.17) is 0 Å². The fraction of sp³-hybridized carbons (Fsp3) is 0.516. The van der Waals surface area contributed by atoms with Gasteiger partial charge in [-0.1, -0.05) is 56.3 Å². The molecule has 0 saturated carbocycles. The second-order valence-corrected chi connectivity index (χ2v) is 13.2. The third kappa shape index (κ3) is 6.23. The number of likely N-dealkylation sites (N-methyl/N-ethyl adjacent to an activating group) is 2. The van der Waals surface area contributed by atoms with Gasteiger partial charge in [-0.25, -0.2) is 8.42 Å². The largest absolute Gasteiger partial charge is 0.481 e. The monoisotopic (exact) mass is 600 g/mol. The number of hydrogen-bond acceptors (Lipinski definition) is 7. The normalized spacial score (nSPS) is 21.3. The molecule has 2 amide bonds. The zero-order chi connectivity index (χ0) is 31.1. The number of hydrogen-bond donors (Lipinski definition) is 2. The van der Waals surface area contributed by atoms with Crippen LogP contribution >= 0.6 is 0 Å². The van der Waals surface area contributed by atoms with Crippen LogP contribution in [0.3, 0.4) is 0 Å².